The van der Waals surface area contributed by atoms with Crippen LogP contribution in [0.1, 0.15) is 29.4 Å². The molecule has 0 N–H and O–H groups in total. The second-order valence-electron chi connectivity index (χ2n) is 7.91. The van der Waals surface area contributed by atoms with Crippen LogP contribution in [0.5, 0.6) is 0 Å². The fourth-order valence-corrected chi connectivity index (χ4v) is 6.60. The quantitative estimate of drug-likeness (QED) is 0.692. The molecule has 152 valence electrons. The lowest BCUT2D eigenvalue weighted by atomic mass is 10.2. The first-order valence-electron chi connectivity index (χ1n) is 9.80. The molecule has 2 aromatic rings. The number of hydrogen-bond acceptors (Lipinski definition) is 5. The van der Waals surface area contributed by atoms with Gasteiger partial charge in [-0.1, -0.05) is 28.1 Å². The van der Waals surface area contributed by atoms with Crippen molar-refractivity contribution < 1.29 is 8.42 Å². The summed E-state index contributed by atoms with van der Waals surface area (Å²) in [6.07, 6.45) is 0.671. The molecule has 0 radical (unpaired) electrons. The zero-order chi connectivity index (χ0) is 19.9. The molecule has 0 amide bonds. The third-order valence-electron chi connectivity index (χ3n) is 5.82. The molecule has 3 heterocycles. The molecule has 6 nitrogen and oxygen atoms in total. The number of sulfone groups is 1. The van der Waals surface area contributed by atoms with Crippen LogP contribution < -0.4 is 4.90 Å². The lowest BCUT2D eigenvalue weighted by Gasteiger charge is -2.36. The Morgan fingerprint density at radius 1 is 1.18 bits per heavy atom. The lowest BCUT2D eigenvalue weighted by molar-refractivity contribution is 0.249. The Morgan fingerprint density at radius 3 is 2.57 bits per heavy atom. The molecule has 0 bridgehead atoms. The van der Waals surface area contributed by atoms with E-state index in [4.69, 9.17) is 5.10 Å². The summed E-state index contributed by atoms with van der Waals surface area (Å²) in [6, 6.07) is 8.47. The summed E-state index contributed by atoms with van der Waals surface area (Å²) in [5.41, 5.74) is 4.61. The van der Waals surface area contributed by atoms with Crippen molar-refractivity contribution in [1.82, 2.24) is 14.7 Å². The highest BCUT2D eigenvalue weighted by Gasteiger charge is 2.32. The number of anilines is 1. The Balaban J connectivity index is 1.43. The molecule has 2 fully saturated rings. The summed E-state index contributed by atoms with van der Waals surface area (Å²) < 4.78 is 26.8. The molecular weight excluding hydrogens is 440 g/mol. The van der Waals surface area contributed by atoms with E-state index < -0.39 is 9.84 Å². The van der Waals surface area contributed by atoms with Crippen LogP contribution in [0.4, 0.5) is 5.69 Å². The van der Waals surface area contributed by atoms with Crippen molar-refractivity contribution in [3.05, 3.63) is 45.7 Å². The van der Waals surface area contributed by atoms with Crippen LogP contribution in [0.25, 0.3) is 0 Å². The molecule has 4 rings (SSSR count). The minimum absolute atomic E-state index is 0.0183. The van der Waals surface area contributed by atoms with Gasteiger partial charge in [0, 0.05) is 37.2 Å². The maximum Gasteiger partial charge on any atom is 0.152 e. The second kappa shape index (κ2) is 7.80. The minimum atomic E-state index is -2.91. The van der Waals surface area contributed by atoms with Crippen LogP contribution in [0, 0.1) is 13.8 Å². The SMILES string of the molecule is Cc1nn(C2CCS(=O)(=O)C2)c(C)c1N1CCN(Cc2cccc(Br)c2)CC1. The topological polar surface area (TPSA) is 58.4 Å². The van der Waals surface area contributed by atoms with Gasteiger partial charge >= 0.3 is 0 Å². The largest absolute Gasteiger partial charge is 0.366 e. The smallest absolute Gasteiger partial charge is 0.152 e. The normalized spacial score (nSPS) is 22.7. The van der Waals surface area contributed by atoms with Crippen LogP contribution in [0.15, 0.2) is 28.7 Å². The monoisotopic (exact) mass is 466 g/mol. The third kappa shape index (κ3) is 4.14. The molecule has 1 aromatic carbocycles. The summed E-state index contributed by atoms with van der Waals surface area (Å²) in [5, 5.41) is 4.72. The van der Waals surface area contributed by atoms with E-state index in [1.807, 2.05) is 11.6 Å². The Kier molecular flexibility index (Phi) is 5.55. The maximum atomic E-state index is 11.9. The number of nitrogens with zero attached hydrogens (tertiary/aromatic N) is 4. The summed E-state index contributed by atoms with van der Waals surface area (Å²) >= 11 is 3.55. The molecule has 8 heteroatoms. The Hall–Kier alpha value is -1.38. The molecule has 28 heavy (non-hydrogen) atoms. The number of halogens is 1. The van der Waals surface area contributed by atoms with Crippen LogP contribution in [0.2, 0.25) is 0 Å². The molecular formula is C20H27BrN4O2S. The first-order chi connectivity index (χ1) is 13.3. The highest BCUT2D eigenvalue weighted by Crippen LogP contribution is 2.31. The molecule has 0 aliphatic carbocycles. The fourth-order valence-electron chi connectivity index (χ4n) is 4.46. The number of piperazine rings is 1. The minimum Gasteiger partial charge on any atom is -0.366 e. The van der Waals surface area contributed by atoms with E-state index in [1.165, 1.54) is 11.3 Å². The van der Waals surface area contributed by atoms with E-state index in [1.54, 1.807) is 0 Å². The van der Waals surface area contributed by atoms with Gasteiger partial charge in [-0.05, 0) is 38.0 Å². The second-order valence-corrected chi connectivity index (χ2v) is 11.1. The predicted octanol–water partition coefficient (Wildman–Crippen LogP) is 2.94. The Labute approximate surface area is 175 Å². The van der Waals surface area contributed by atoms with Gasteiger partial charge in [0.25, 0.3) is 0 Å². The van der Waals surface area contributed by atoms with Gasteiger partial charge < -0.3 is 4.90 Å². The predicted molar refractivity (Wildman–Crippen MR) is 116 cm³/mol. The lowest BCUT2D eigenvalue weighted by Crippen LogP contribution is -2.46. The number of rotatable bonds is 4. The van der Waals surface area contributed by atoms with Crippen molar-refractivity contribution in [3.63, 3.8) is 0 Å². The number of aromatic nitrogens is 2. The van der Waals surface area contributed by atoms with Gasteiger partial charge in [-0.25, -0.2) is 8.42 Å². The molecule has 0 spiro atoms. The van der Waals surface area contributed by atoms with Crippen molar-refractivity contribution in [2.75, 3.05) is 42.6 Å². The number of aryl methyl sites for hydroxylation is 1. The third-order valence-corrected chi connectivity index (χ3v) is 8.07. The molecule has 1 unspecified atom stereocenters. The van der Waals surface area contributed by atoms with E-state index in [0.29, 0.717) is 6.42 Å². The van der Waals surface area contributed by atoms with Gasteiger partial charge in [-0.2, -0.15) is 5.10 Å². The van der Waals surface area contributed by atoms with Gasteiger partial charge in [-0.15, -0.1) is 0 Å². The molecule has 2 saturated heterocycles. The highest BCUT2D eigenvalue weighted by atomic mass is 79.9. The van der Waals surface area contributed by atoms with E-state index in [2.05, 4.69) is 56.9 Å². The van der Waals surface area contributed by atoms with Crippen molar-refractivity contribution in [2.24, 2.45) is 0 Å². The zero-order valence-electron chi connectivity index (χ0n) is 16.4. The van der Waals surface area contributed by atoms with Crippen LogP contribution in [-0.4, -0.2) is 60.8 Å². The van der Waals surface area contributed by atoms with E-state index >= 15 is 0 Å². The summed E-state index contributed by atoms with van der Waals surface area (Å²) in [4.78, 5) is 4.89. The molecule has 1 aromatic heterocycles. The van der Waals surface area contributed by atoms with Crippen LogP contribution in [0.3, 0.4) is 0 Å². The molecule has 2 aliphatic heterocycles. The molecule has 1 atom stereocenters. The van der Waals surface area contributed by atoms with Gasteiger partial charge in [-0.3, -0.25) is 9.58 Å². The van der Waals surface area contributed by atoms with Gasteiger partial charge in [0.15, 0.2) is 9.84 Å². The van der Waals surface area contributed by atoms with Crippen molar-refractivity contribution in [2.45, 2.75) is 32.9 Å². The van der Waals surface area contributed by atoms with Crippen molar-refractivity contribution in [3.8, 4) is 0 Å². The summed E-state index contributed by atoms with van der Waals surface area (Å²) in [5.74, 6) is 0.494. The number of benzene rings is 1. The van der Waals surface area contributed by atoms with Crippen LogP contribution in [-0.2, 0) is 16.4 Å². The van der Waals surface area contributed by atoms with E-state index in [0.717, 1.165) is 48.6 Å². The fraction of sp³-hybridized carbons (Fsp3) is 0.550. The van der Waals surface area contributed by atoms with E-state index in [9.17, 15) is 8.42 Å². The molecule has 2 aliphatic rings. The maximum absolute atomic E-state index is 11.9. The van der Waals surface area contributed by atoms with Gasteiger partial charge in [0.2, 0.25) is 0 Å². The van der Waals surface area contributed by atoms with Crippen molar-refractivity contribution in [1.29, 1.82) is 0 Å². The Morgan fingerprint density at radius 2 is 1.93 bits per heavy atom. The standard InChI is InChI=1S/C20H27BrN4O2S/c1-15-20(16(2)25(22-15)19-6-11-28(26,27)14-19)24-9-7-23(8-10-24)13-17-4-3-5-18(21)12-17/h3-5,12,19H,6-11,13-14H2,1-2H3. The number of hydrogen-bond donors (Lipinski definition) is 0. The average Bonchev–Trinajstić information content (AvgIpc) is 3.14. The zero-order valence-corrected chi connectivity index (χ0v) is 18.8. The van der Waals surface area contributed by atoms with Gasteiger partial charge in [0.05, 0.1) is 34.6 Å². The summed E-state index contributed by atoms with van der Waals surface area (Å²) in [6.45, 7) is 9.02. The van der Waals surface area contributed by atoms with E-state index in [-0.39, 0.29) is 17.5 Å². The molecule has 0 saturated carbocycles. The van der Waals surface area contributed by atoms with Crippen molar-refractivity contribution >= 4 is 31.5 Å². The first kappa shape index (κ1) is 19.9. The first-order valence-corrected chi connectivity index (χ1v) is 12.4. The van der Waals surface area contributed by atoms with Crippen LogP contribution >= 0.6 is 15.9 Å². The Bertz CT molecular complexity index is 965. The highest BCUT2D eigenvalue weighted by molar-refractivity contribution is 9.10. The summed E-state index contributed by atoms with van der Waals surface area (Å²) in [7, 11) is -2.91. The van der Waals surface area contributed by atoms with Gasteiger partial charge in [0.1, 0.15) is 0 Å². The average molecular weight is 467 g/mol.